The fourth-order valence-electron chi connectivity index (χ4n) is 4.92. The Bertz CT molecular complexity index is 1420. The predicted octanol–water partition coefficient (Wildman–Crippen LogP) is 5.32. The summed E-state index contributed by atoms with van der Waals surface area (Å²) in [5, 5.41) is 2.99. The van der Waals surface area contributed by atoms with E-state index in [0.717, 1.165) is 34.2 Å². The lowest BCUT2D eigenvalue weighted by Gasteiger charge is -2.32. The van der Waals surface area contributed by atoms with Gasteiger partial charge in [0.1, 0.15) is 6.04 Å². The average Bonchev–Trinajstić information content (AvgIpc) is 2.93. The van der Waals surface area contributed by atoms with Crippen LogP contribution in [0.3, 0.4) is 0 Å². The maximum absolute atomic E-state index is 13.9. The van der Waals surface area contributed by atoms with Crippen molar-refractivity contribution in [1.29, 1.82) is 0 Å². The smallest absolute Gasteiger partial charge is 0.243 e. The molecule has 2 amide bonds. The van der Waals surface area contributed by atoms with Crippen molar-refractivity contribution in [2.24, 2.45) is 0 Å². The Kier molecular flexibility index (Phi) is 11.5. The van der Waals surface area contributed by atoms with E-state index >= 15 is 0 Å². The molecule has 3 aromatic rings. The molecule has 3 rings (SSSR count). The maximum Gasteiger partial charge on any atom is 0.243 e. The first kappa shape index (κ1) is 31.9. The van der Waals surface area contributed by atoms with Crippen LogP contribution in [0.1, 0.15) is 54.0 Å². The van der Waals surface area contributed by atoms with Gasteiger partial charge in [-0.2, -0.15) is 0 Å². The molecule has 0 aliphatic carbocycles. The summed E-state index contributed by atoms with van der Waals surface area (Å²) in [6.45, 7) is 8.81. The molecule has 3 aromatic carbocycles. The molecular weight excluding hydrogens is 534 g/mol. The van der Waals surface area contributed by atoms with E-state index in [9.17, 15) is 18.0 Å². The van der Waals surface area contributed by atoms with Gasteiger partial charge in [-0.15, -0.1) is 0 Å². The third kappa shape index (κ3) is 9.18. The van der Waals surface area contributed by atoms with Crippen molar-refractivity contribution in [1.82, 2.24) is 10.2 Å². The van der Waals surface area contributed by atoms with Crippen LogP contribution in [0.2, 0.25) is 0 Å². The highest BCUT2D eigenvalue weighted by molar-refractivity contribution is 7.92. The van der Waals surface area contributed by atoms with Gasteiger partial charge in [0.05, 0.1) is 11.9 Å². The molecule has 0 fully saturated rings. The predicted molar refractivity (Wildman–Crippen MR) is 166 cm³/mol. The second-order valence-corrected chi connectivity index (χ2v) is 12.6. The average molecular weight is 578 g/mol. The van der Waals surface area contributed by atoms with Crippen LogP contribution in [-0.2, 0) is 32.6 Å². The Hall–Kier alpha value is -3.65. The van der Waals surface area contributed by atoms with Gasteiger partial charge < -0.3 is 10.2 Å². The largest absolute Gasteiger partial charge is 0.354 e. The number of carbonyl (C=O) groups excluding carboxylic acids is 2. The summed E-state index contributed by atoms with van der Waals surface area (Å²) in [5.74, 6) is -0.377. The summed E-state index contributed by atoms with van der Waals surface area (Å²) in [6.07, 6.45) is 2.78. The molecule has 0 saturated carbocycles. The van der Waals surface area contributed by atoms with E-state index in [4.69, 9.17) is 0 Å². The Morgan fingerprint density at radius 1 is 0.902 bits per heavy atom. The highest BCUT2D eigenvalue weighted by Gasteiger charge is 2.30. The molecule has 0 aliphatic rings. The number of anilines is 1. The Labute approximate surface area is 245 Å². The van der Waals surface area contributed by atoms with E-state index in [-0.39, 0.29) is 31.3 Å². The zero-order chi connectivity index (χ0) is 30.0. The number of aryl methyl sites for hydroxylation is 2. The molecule has 0 aromatic heterocycles. The van der Waals surface area contributed by atoms with Crippen molar-refractivity contribution in [2.75, 3.05) is 23.7 Å². The lowest BCUT2D eigenvalue weighted by Crippen LogP contribution is -2.50. The first-order valence-corrected chi connectivity index (χ1v) is 16.1. The standard InChI is InChI=1S/C33H43N3O4S/c1-6-20-34-33(38)31(23-28-15-8-7-9-16-28)35(24-29-17-10-13-25(2)22-29)32(37)19-12-21-36(41(5,39)40)30-18-11-14-26(3)27(30)4/h7-11,13-18,22,31H,6,12,19-21,23-24H2,1-5H3,(H,34,38). The van der Waals surface area contributed by atoms with Crippen molar-refractivity contribution in [3.63, 3.8) is 0 Å². The van der Waals surface area contributed by atoms with Gasteiger partial charge in [-0.3, -0.25) is 13.9 Å². The minimum absolute atomic E-state index is 0.106. The monoisotopic (exact) mass is 577 g/mol. The normalized spacial score (nSPS) is 12.0. The van der Waals surface area contributed by atoms with E-state index in [1.165, 1.54) is 10.6 Å². The molecule has 41 heavy (non-hydrogen) atoms. The number of amides is 2. The van der Waals surface area contributed by atoms with Gasteiger partial charge in [-0.25, -0.2) is 8.42 Å². The lowest BCUT2D eigenvalue weighted by atomic mass is 10.0. The van der Waals surface area contributed by atoms with Crippen molar-refractivity contribution in [3.05, 3.63) is 101 Å². The number of rotatable bonds is 14. The minimum Gasteiger partial charge on any atom is -0.354 e. The molecule has 1 unspecified atom stereocenters. The number of nitrogens with zero attached hydrogens (tertiary/aromatic N) is 2. The van der Waals surface area contributed by atoms with Crippen LogP contribution in [-0.4, -0.2) is 50.5 Å². The maximum atomic E-state index is 13.9. The highest BCUT2D eigenvalue weighted by atomic mass is 32.2. The molecule has 8 heteroatoms. The summed E-state index contributed by atoms with van der Waals surface area (Å²) >= 11 is 0. The zero-order valence-electron chi connectivity index (χ0n) is 24.9. The quantitative estimate of drug-likeness (QED) is 0.281. The Morgan fingerprint density at radius 2 is 1.59 bits per heavy atom. The third-order valence-corrected chi connectivity index (χ3v) is 8.43. The Balaban J connectivity index is 1.89. The Morgan fingerprint density at radius 3 is 2.24 bits per heavy atom. The summed E-state index contributed by atoms with van der Waals surface area (Å²) in [7, 11) is -3.57. The van der Waals surface area contributed by atoms with Crippen LogP contribution >= 0.6 is 0 Å². The van der Waals surface area contributed by atoms with Crippen LogP contribution in [0, 0.1) is 20.8 Å². The highest BCUT2D eigenvalue weighted by Crippen LogP contribution is 2.26. The van der Waals surface area contributed by atoms with E-state index in [2.05, 4.69) is 5.32 Å². The van der Waals surface area contributed by atoms with Gasteiger partial charge >= 0.3 is 0 Å². The molecule has 0 heterocycles. The number of hydrogen-bond donors (Lipinski definition) is 1. The third-order valence-electron chi connectivity index (χ3n) is 7.25. The van der Waals surface area contributed by atoms with Gasteiger partial charge in [-0.05, 0) is 61.9 Å². The first-order chi connectivity index (χ1) is 19.5. The van der Waals surface area contributed by atoms with Gasteiger partial charge in [0, 0.05) is 32.5 Å². The minimum atomic E-state index is -3.57. The van der Waals surface area contributed by atoms with E-state index in [1.807, 2.05) is 94.4 Å². The van der Waals surface area contributed by atoms with Gasteiger partial charge in [-0.1, -0.05) is 79.2 Å². The van der Waals surface area contributed by atoms with Crippen molar-refractivity contribution in [3.8, 4) is 0 Å². The topological polar surface area (TPSA) is 86.8 Å². The molecule has 1 N–H and O–H groups in total. The molecule has 0 bridgehead atoms. The van der Waals surface area contributed by atoms with Gasteiger partial charge in [0.15, 0.2) is 0 Å². The van der Waals surface area contributed by atoms with Gasteiger partial charge in [0.25, 0.3) is 0 Å². The van der Waals surface area contributed by atoms with E-state index in [0.29, 0.717) is 25.1 Å². The fourth-order valence-corrected chi connectivity index (χ4v) is 5.93. The van der Waals surface area contributed by atoms with E-state index in [1.54, 1.807) is 11.0 Å². The van der Waals surface area contributed by atoms with Crippen molar-refractivity contribution < 1.29 is 18.0 Å². The molecule has 0 aliphatic heterocycles. The van der Waals surface area contributed by atoms with Crippen molar-refractivity contribution in [2.45, 2.75) is 66.0 Å². The fraction of sp³-hybridized carbons (Fsp3) is 0.394. The van der Waals surface area contributed by atoms with Crippen molar-refractivity contribution >= 4 is 27.5 Å². The molecular formula is C33H43N3O4S. The molecule has 0 radical (unpaired) electrons. The molecule has 1 atom stereocenters. The number of sulfonamides is 1. The SMILES string of the molecule is CCCNC(=O)C(Cc1ccccc1)N(Cc1cccc(C)c1)C(=O)CCCN(c1cccc(C)c1C)S(C)(=O)=O. The van der Waals surface area contributed by atoms with Crippen LogP contribution in [0.4, 0.5) is 5.69 Å². The molecule has 0 saturated heterocycles. The first-order valence-electron chi connectivity index (χ1n) is 14.2. The van der Waals surface area contributed by atoms with Crippen LogP contribution in [0.5, 0.6) is 0 Å². The molecule has 0 spiro atoms. The molecule has 220 valence electrons. The summed E-state index contributed by atoms with van der Waals surface area (Å²) < 4.78 is 26.9. The van der Waals surface area contributed by atoms with Gasteiger partial charge in [0.2, 0.25) is 21.8 Å². The summed E-state index contributed by atoms with van der Waals surface area (Å²) in [4.78, 5) is 29.1. The van der Waals surface area contributed by atoms with Crippen LogP contribution in [0.25, 0.3) is 0 Å². The number of benzene rings is 3. The zero-order valence-corrected chi connectivity index (χ0v) is 25.7. The molecule has 7 nitrogen and oxygen atoms in total. The summed E-state index contributed by atoms with van der Waals surface area (Å²) in [5.41, 5.74) is 5.48. The van der Waals surface area contributed by atoms with Crippen LogP contribution in [0.15, 0.2) is 72.8 Å². The number of nitrogens with one attached hydrogen (secondary N) is 1. The second kappa shape index (κ2) is 14.8. The number of hydrogen-bond acceptors (Lipinski definition) is 4. The summed E-state index contributed by atoms with van der Waals surface area (Å²) in [6, 6.07) is 22.5. The second-order valence-electron chi connectivity index (χ2n) is 10.7. The number of carbonyl (C=O) groups is 2. The lowest BCUT2D eigenvalue weighted by molar-refractivity contribution is -0.141. The van der Waals surface area contributed by atoms with E-state index < -0.39 is 16.1 Å². The van der Waals surface area contributed by atoms with Crippen LogP contribution < -0.4 is 9.62 Å².